The summed E-state index contributed by atoms with van der Waals surface area (Å²) in [5.74, 6) is -0.611. The van der Waals surface area contributed by atoms with Gasteiger partial charge < -0.3 is 10.1 Å². The van der Waals surface area contributed by atoms with Crippen molar-refractivity contribution >= 4 is 44.1 Å². The number of alkyl halides is 3. The zero-order valence-corrected chi connectivity index (χ0v) is 19.9. The molecule has 6 nitrogen and oxygen atoms in total. The summed E-state index contributed by atoms with van der Waals surface area (Å²) in [6.07, 6.45) is -2.51. The van der Waals surface area contributed by atoms with Gasteiger partial charge >= 0.3 is 12.1 Å². The fraction of sp³-hybridized carbons (Fsp3) is 0.550. The maximum atomic E-state index is 13.1. The molecule has 0 spiro atoms. The number of ether oxygens (including phenoxy) is 1. The van der Waals surface area contributed by atoms with Gasteiger partial charge in [0.2, 0.25) is 5.91 Å². The Morgan fingerprint density at radius 2 is 2.06 bits per heavy atom. The zero-order valence-electron chi connectivity index (χ0n) is 17.5. The van der Waals surface area contributed by atoms with E-state index >= 15 is 0 Å². The Bertz CT molecular complexity index is 1010. The molecule has 1 amide bonds. The van der Waals surface area contributed by atoms with Gasteiger partial charge in [-0.25, -0.2) is 4.79 Å². The molecule has 3 rings (SSSR count). The summed E-state index contributed by atoms with van der Waals surface area (Å²) in [6.45, 7) is 6.64. The highest BCUT2D eigenvalue weighted by Crippen LogP contribution is 2.40. The fourth-order valence-corrected chi connectivity index (χ4v) is 5.41. The Labute approximate surface area is 190 Å². The van der Waals surface area contributed by atoms with Gasteiger partial charge in [0.05, 0.1) is 21.8 Å². The smallest absolute Gasteiger partial charge is 0.436 e. The first kappa shape index (κ1) is 23.8. The van der Waals surface area contributed by atoms with Crippen molar-refractivity contribution in [3.8, 4) is 0 Å². The second-order valence-electron chi connectivity index (χ2n) is 7.96. The SMILES string of the molecule is Cc1c(Br)c(C(F)(F)F)nn1CC(=O)Nc1sc2c(c1C(=O)OC(C)C)CC[C@H](C)C2. The van der Waals surface area contributed by atoms with Crippen molar-refractivity contribution in [2.45, 2.75) is 65.8 Å². The number of thiophene rings is 1. The third-order valence-corrected chi connectivity index (χ3v) is 7.13. The van der Waals surface area contributed by atoms with E-state index in [1.807, 2.05) is 0 Å². The van der Waals surface area contributed by atoms with Crippen molar-refractivity contribution in [3.05, 3.63) is 31.9 Å². The van der Waals surface area contributed by atoms with Crippen LogP contribution in [0.1, 0.15) is 59.4 Å². The molecular formula is C20H23BrF3N3O3S. The number of aromatic nitrogens is 2. The number of amides is 1. The van der Waals surface area contributed by atoms with Crippen molar-refractivity contribution in [1.82, 2.24) is 9.78 Å². The maximum Gasteiger partial charge on any atom is 0.436 e. The molecule has 1 aliphatic carbocycles. The van der Waals surface area contributed by atoms with Gasteiger partial charge in [-0.3, -0.25) is 9.48 Å². The van der Waals surface area contributed by atoms with Crippen LogP contribution in [0.15, 0.2) is 4.47 Å². The van der Waals surface area contributed by atoms with E-state index < -0.39 is 30.3 Å². The molecule has 31 heavy (non-hydrogen) atoms. The molecule has 1 aliphatic rings. The average Bonchev–Trinajstić information content (AvgIpc) is 3.12. The fourth-order valence-electron chi connectivity index (χ4n) is 3.49. The van der Waals surface area contributed by atoms with Crippen molar-refractivity contribution in [2.75, 3.05) is 5.32 Å². The summed E-state index contributed by atoms with van der Waals surface area (Å²) in [7, 11) is 0. The highest BCUT2D eigenvalue weighted by atomic mass is 79.9. The lowest BCUT2D eigenvalue weighted by Gasteiger charge is -2.18. The summed E-state index contributed by atoms with van der Waals surface area (Å²) in [5.41, 5.74) is 0.338. The summed E-state index contributed by atoms with van der Waals surface area (Å²) in [5, 5.41) is 6.60. The Kier molecular flexibility index (Phi) is 6.85. The number of fused-ring (bicyclic) bond motifs is 1. The zero-order chi connectivity index (χ0) is 23.1. The highest BCUT2D eigenvalue weighted by Gasteiger charge is 2.38. The number of esters is 1. The number of carbonyl (C=O) groups excluding carboxylic acids is 2. The average molecular weight is 522 g/mol. The van der Waals surface area contributed by atoms with Gasteiger partial charge in [-0.1, -0.05) is 6.92 Å². The van der Waals surface area contributed by atoms with E-state index in [0.29, 0.717) is 22.9 Å². The minimum absolute atomic E-state index is 0.182. The van der Waals surface area contributed by atoms with E-state index in [1.54, 1.807) is 13.8 Å². The molecule has 0 saturated heterocycles. The van der Waals surface area contributed by atoms with Crippen LogP contribution in [0.5, 0.6) is 0 Å². The summed E-state index contributed by atoms with van der Waals surface area (Å²) in [6, 6.07) is 0. The van der Waals surface area contributed by atoms with E-state index in [4.69, 9.17) is 4.74 Å². The van der Waals surface area contributed by atoms with Crippen molar-refractivity contribution < 1.29 is 27.5 Å². The molecule has 1 N–H and O–H groups in total. The molecule has 1 atom stereocenters. The van der Waals surface area contributed by atoms with Crippen LogP contribution in [0, 0.1) is 12.8 Å². The molecule has 0 fully saturated rings. The summed E-state index contributed by atoms with van der Waals surface area (Å²) < 4.78 is 45.4. The molecule has 0 bridgehead atoms. The Balaban J connectivity index is 1.87. The van der Waals surface area contributed by atoms with Crippen LogP contribution in [0.2, 0.25) is 0 Å². The van der Waals surface area contributed by atoms with Gasteiger partial charge in [0.1, 0.15) is 11.5 Å². The van der Waals surface area contributed by atoms with E-state index in [2.05, 4.69) is 33.3 Å². The molecule has 2 aromatic heterocycles. The number of halogens is 4. The predicted octanol–water partition coefficient (Wildman–Crippen LogP) is 5.36. The van der Waals surface area contributed by atoms with Crippen LogP contribution < -0.4 is 5.32 Å². The molecule has 0 aromatic carbocycles. The molecule has 0 unspecified atom stereocenters. The number of anilines is 1. The molecule has 11 heteroatoms. The van der Waals surface area contributed by atoms with Crippen LogP contribution in [0.25, 0.3) is 0 Å². The van der Waals surface area contributed by atoms with Gasteiger partial charge in [-0.15, -0.1) is 11.3 Å². The van der Waals surface area contributed by atoms with Gasteiger partial charge in [-0.2, -0.15) is 18.3 Å². The lowest BCUT2D eigenvalue weighted by molar-refractivity contribution is -0.142. The van der Waals surface area contributed by atoms with Gasteiger partial charge in [0.25, 0.3) is 0 Å². The van der Waals surface area contributed by atoms with Crippen LogP contribution in [-0.2, 0) is 35.1 Å². The predicted molar refractivity (Wildman–Crippen MR) is 114 cm³/mol. The Morgan fingerprint density at radius 1 is 1.39 bits per heavy atom. The first-order valence-electron chi connectivity index (χ1n) is 9.83. The number of hydrogen-bond acceptors (Lipinski definition) is 5. The van der Waals surface area contributed by atoms with Crippen molar-refractivity contribution in [3.63, 3.8) is 0 Å². The summed E-state index contributed by atoms with van der Waals surface area (Å²) in [4.78, 5) is 26.4. The van der Waals surface area contributed by atoms with Gasteiger partial charge in [-0.05, 0) is 67.4 Å². The number of nitrogens with zero attached hydrogens (tertiary/aromatic N) is 2. The van der Waals surface area contributed by atoms with E-state index in [1.165, 1.54) is 18.3 Å². The second kappa shape index (κ2) is 8.93. The minimum atomic E-state index is -4.64. The normalized spacial score (nSPS) is 16.4. The van der Waals surface area contributed by atoms with E-state index in [0.717, 1.165) is 28.0 Å². The van der Waals surface area contributed by atoms with Gasteiger partial charge in [0.15, 0.2) is 5.69 Å². The Morgan fingerprint density at radius 3 is 2.65 bits per heavy atom. The van der Waals surface area contributed by atoms with Crippen LogP contribution in [-0.4, -0.2) is 27.8 Å². The Hall–Kier alpha value is -1.88. The lowest BCUT2D eigenvalue weighted by atomic mass is 9.88. The molecule has 0 radical (unpaired) electrons. The molecule has 170 valence electrons. The topological polar surface area (TPSA) is 73.2 Å². The molecular weight excluding hydrogens is 499 g/mol. The quantitative estimate of drug-likeness (QED) is 0.537. The minimum Gasteiger partial charge on any atom is -0.459 e. The number of rotatable bonds is 5. The van der Waals surface area contributed by atoms with Crippen LogP contribution >= 0.6 is 27.3 Å². The van der Waals surface area contributed by atoms with Gasteiger partial charge in [0, 0.05) is 4.88 Å². The van der Waals surface area contributed by atoms with E-state index in [-0.39, 0.29) is 16.3 Å². The summed E-state index contributed by atoms with van der Waals surface area (Å²) >= 11 is 4.22. The number of nitrogens with one attached hydrogen (secondary N) is 1. The maximum absolute atomic E-state index is 13.1. The third-order valence-electron chi connectivity index (χ3n) is 5.01. The first-order chi connectivity index (χ1) is 14.4. The van der Waals surface area contributed by atoms with Crippen molar-refractivity contribution in [1.29, 1.82) is 0 Å². The third kappa shape index (κ3) is 5.14. The molecule has 2 heterocycles. The van der Waals surface area contributed by atoms with E-state index in [9.17, 15) is 22.8 Å². The van der Waals surface area contributed by atoms with Crippen LogP contribution in [0.3, 0.4) is 0 Å². The lowest BCUT2D eigenvalue weighted by Crippen LogP contribution is -2.22. The first-order valence-corrected chi connectivity index (χ1v) is 11.4. The number of carbonyl (C=O) groups is 2. The highest BCUT2D eigenvalue weighted by molar-refractivity contribution is 9.10. The molecule has 0 saturated carbocycles. The monoisotopic (exact) mass is 521 g/mol. The molecule has 0 aliphatic heterocycles. The second-order valence-corrected chi connectivity index (χ2v) is 9.86. The molecule has 2 aromatic rings. The van der Waals surface area contributed by atoms with Crippen molar-refractivity contribution in [2.24, 2.45) is 5.92 Å². The standard InChI is InChI=1S/C20H23BrF3N3O3S/c1-9(2)30-19(29)15-12-6-5-10(3)7-13(12)31-18(15)25-14(28)8-27-11(4)16(21)17(26-27)20(22,23)24/h9-10H,5-8H2,1-4H3,(H,25,28)/t10-/m0/s1. The number of hydrogen-bond donors (Lipinski definition) is 1. The largest absolute Gasteiger partial charge is 0.459 e. The van der Waals surface area contributed by atoms with Crippen LogP contribution in [0.4, 0.5) is 18.2 Å².